The Kier molecular flexibility index (Phi) is 8.77. The first-order valence-corrected chi connectivity index (χ1v) is 9.92. The van der Waals surface area contributed by atoms with Crippen molar-refractivity contribution in [3.05, 3.63) is 82.3 Å². The van der Waals surface area contributed by atoms with Crippen LogP contribution in [-0.4, -0.2) is 32.2 Å². The van der Waals surface area contributed by atoms with Gasteiger partial charge in [0.2, 0.25) is 0 Å². The number of benzene rings is 2. The Morgan fingerprint density at radius 2 is 1.41 bits per heavy atom. The third kappa shape index (κ3) is 6.32. The number of carbonyl (C=O) groups excluding carboxylic acids is 2. The SMILES string of the molecule is [C-]#[N+]C(=Cc1ccc(N(C)c2ccc(C=C(C#N)C(=O)OCC)cc2)cc1)C(=O)OCC. The number of rotatable bonds is 8. The van der Waals surface area contributed by atoms with Gasteiger partial charge in [0.05, 0.1) is 19.8 Å². The molecule has 32 heavy (non-hydrogen) atoms. The van der Waals surface area contributed by atoms with Gasteiger partial charge in [0.1, 0.15) is 11.6 Å². The summed E-state index contributed by atoms with van der Waals surface area (Å²) in [6, 6.07) is 16.6. The van der Waals surface area contributed by atoms with Crippen LogP contribution in [0, 0.1) is 17.9 Å². The summed E-state index contributed by atoms with van der Waals surface area (Å²) in [5.74, 6) is -1.28. The number of nitriles is 1. The fourth-order valence-electron chi connectivity index (χ4n) is 2.75. The molecule has 0 spiro atoms. The highest BCUT2D eigenvalue weighted by Crippen LogP contribution is 2.25. The fourth-order valence-corrected chi connectivity index (χ4v) is 2.75. The average molecular weight is 429 g/mol. The van der Waals surface area contributed by atoms with E-state index in [1.165, 1.54) is 12.2 Å². The minimum Gasteiger partial charge on any atom is -0.471 e. The number of hydrogen-bond acceptors (Lipinski definition) is 6. The molecule has 2 aromatic rings. The Balaban J connectivity index is 2.17. The van der Waals surface area contributed by atoms with Crippen molar-refractivity contribution in [1.29, 1.82) is 5.26 Å². The molecule has 0 unspecified atom stereocenters. The molecule has 0 aliphatic rings. The Bertz CT molecular complexity index is 1010. The maximum Gasteiger partial charge on any atom is 0.348 e. The number of ether oxygens (including phenoxy) is 2. The third-order valence-corrected chi connectivity index (χ3v) is 4.40. The summed E-state index contributed by atoms with van der Waals surface area (Å²) in [7, 11) is 1.90. The molecule has 0 amide bonds. The molecule has 0 aliphatic heterocycles. The third-order valence-electron chi connectivity index (χ3n) is 4.40. The van der Waals surface area contributed by atoms with Gasteiger partial charge < -0.3 is 14.4 Å². The van der Waals surface area contributed by atoms with Crippen molar-refractivity contribution < 1.29 is 19.1 Å². The van der Waals surface area contributed by atoms with E-state index in [2.05, 4.69) is 4.85 Å². The second kappa shape index (κ2) is 11.7. The second-order valence-electron chi connectivity index (χ2n) is 6.49. The molecule has 7 nitrogen and oxygen atoms in total. The zero-order valence-electron chi connectivity index (χ0n) is 18.2. The zero-order valence-corrected chi connectivity index (χ0v) is 18.2. The first kappa shape index (κ1) is 23.9. The summed E-state index contributed by atoms with van der Waals surface area (Å²) in [5.41, 5.74) is 3.08. The Morgan fingerprint density at radius 1 is 0.938 bits per heavy atom. The smallest absolute Gasteiger partial charge is 0.348 e. The van der Waals surface area contributed by atoms with Crippen molar-refractivity contribution in [1.82, 2.24) is 0 Å². The molecule has 0 aromatic heterocycles. The summed E-state index contributed by atoms with van der Waals surface area (Å²) in [6.07, 6.45) is 2.98. The van der Waals surface area contributed by atoms with Crippen LogP contribution in [0.2, 0.25) is 0 Å². The van der Waals surface area contributed by atoms with Crippen molar-refractivity contribution >= 4 is 35.5 Å². The van der Waals surface area contributed by atoms with Gasteiger partial charge in [0.15, 0.2) is 0 Å². The Morgan fingerprint density at radius 3 is 1.84 bits per heavy atom. The lowest BCUT2D eigenvalue weighted by atomic mass is 10.1. The van der Waals surface area contributed by atoms with Crippen LogP contribution < -0.4 is 4.90 Å². The minimum absolute atomic E-state index is 0.0572. The zero-order chi connectivity index (χ0) is 23.5. The van der Waals surface area contributed by atoms with Crippen LogP contribution in [0.15, 0.2) is 59.8 Å². The molecule has 0 atom stereocenters. The molecule has 0 heterocycles. The summed E-state index contributed by atoms with van der Waals surface area (Å²) < 4.78 is 9.74. The summed E-state index contributed by atoms with van der Waals surface area (Å²) >= 11 is 0. The minimum atomic E-state index is -0.644. The molecule has 162 valence electrons. The summed E-state index contributed by atoms with van der Waals surface area (Å²) in [5, 5.41) is 9.15. The van der Waals surface area contributed by atoms with E-state index in [0.717, 1.165) is 11.4 Å². The molecule has 0 fully saturated rings. The molecule has 0 radical (unpaired) electrons. The molecular weight excluding hydrogens is 406 g/mol. The first-order valence-electron chi connectivity index (χ1n) is 9.92. The standard InChI is InChI=1S/C25H23N3O4/c1-5-31-24(29)20(17-26)15-18-7-11-21(12-8-18)28(4)22-13-9-19(10-14-22)16-23(27-3)25(30)32-6-2/h7-16H,5-6H2,1-2,4H3. The van der Waals surface area contributed by atoms with Crippen LogP contribution in [-0.2, 0) is 19.1 Å². The van der Waals surface area contributed by atoms with Gasteiger partial charge in [-0.1, -0.05) is 24.3 Å². The fraction of sp³-hybridized carbons (Fsp3) is 0.200. The molecule has 7 heteroatoms. The predicted molar refractivity (Wildman–Crippen MR) is 122 cm³/mol. The van der Waals surface area contributed by atoms with Crippen LogP contribution in [0.1, 0.15) is 25.0 Å². The number of hydrogen-bond donors (Lipinski definition) is 0. The molecule has 0 saturated carbocycles. The predicted octanol–water partition coefficient (Wildman–Crippen LogP) is 4.75. The lowest BCUT2D eigenvalue weighted by Crippen LogP contribution is -2.09. The maximum atomic E-state index is 11.8. The van der Waals surface area contributed by atoms with Crippen LogP contribution >= 0.6 is 0 Å². The second-order valence-corrected chi connectivity index (χ2v) is 6.49. The van der Waals surface area contributed by atoms with Crippen LogP contribution in [0.5, 0.6) is 0 Å². The topological polar surface area (TPSA) is 84.0 Å². The van der Waals surface area contributed by atoms with E-state index in [0.29, 0.717) is 11.1 Å². The van der Waals surface area contributed by atoms with Gasteiger partial charge in [0.25, 0.3) is 5.70 Å². The summed E-state index contributed by atoms with van der Waals surface area (Å²) in [4.78, 5) is 28.7. The quantitative estimate of drug-likeness (QED) is 0.261. The molecule has 2 aromatic carbocycles. The normalized spacial score (nSPS) is 11.2. The van der Waals surface area contributed by atoms with Crippen LogP contribution in [0.3, 0.4) is 0 Å². The number of anilines is 2. The van der Waals surface area contributed by atoms with Crippen molar-refractivity contribution in [2.45, 2.75) is 13.8 Å². The van der Waals surface area contributed by atoms with Crippen molar-refractivity contribution in [3.8, 4) is 6.07 Å². The highest BCUT2D eigenvalue weighted by atomic mass is 16.5. The van der Waals surface area contributed by atoms with E-state index in [1.807, 2.05) is 54.4 Å². The van der Waals surface area contributed by atoms with Crippen molar-refractivity contribution in [3.63, 3.8) is 0 Å². The highest BCUT2D eigenvalue weighted by Gasteiger charge is 2.12. The molecule has 0 N–H and O–H groups in total. The summed E-state index contributed by atoms with van der Waals surface area (Å²) in [6.45, 7) is 11.0. The number of esters is 2. The first-order chi connectivity index (χ1) is 15.4. The van der Waals surface area contributed by atoms with Crippen molar-refractivity contribution in [2.75, 3.05) is 25.2 Å². The lowest BCUT2D eigenvalue weighted by molar-refractivity contribution is -0.138. The maximum absolute atomic E-state index is 11.8. The van der Waals surface area contributed by atoms with E-state index in [9.17, 15) is 9.59 Å². The monoisotopic (exact) mass is 429 g/mol. The Labute approximate surface area is 187 Å². The van der Waals surface area contributed by atoms with Crippen LogP contribution in [0.4, 0.5) is 11.4 Å². The van der Waals surface area contributed by atoms with Gasteiger partial charge >= 0.3 is 11.9 Å². The van der Waals surface area contributed by atoms with Gasteiger partial charge in [-0.2, -0.15) is 5.26 Å². The van der Waals surface area contributed by atoms with Gasteiger partial charge in [-0.05, 0) is 61.4 Å². The molecular formula is C25H23N3O4. The molecule has 0 aliphatic carbocycles. The van der Waals surface area contributed by atoms with Gasteiger partial charge in [-0.25, -0.2) is 9.64 Å². The van der Waals surface area contributed by atoms with Gasteiger partial charge in [0, 0.05) is 18.4 Å². The van der Waals surface area contributed by atoms with Crippen LogP contribution in [0.25, 0.3) is 17.0 Å². The van der Waals surface area contributed by atoms with E-state index >= 15 is 0 Å². The van der Waals surface area contributed by atoms with E-state index in [1.54, 1.807) is 26.0 Å². The molecule has 2 rings (SSSR count). The van der Waals surface area contributed by atoms with E-state index in [-0.39, 0.29) is 24.5 Å². The lowest BCUT2D eigenvalue weighted by Gasteiger charge is -2.20. The molecule has 0 bridgehead atoms. The largest absolute Gasteiger partial charge is 0.471 e. The average Bonchev–Trinajstić information content (AvgIpc) is 2.81. The molecule has 0 saturated heterocycles. The number of nitrogens with zero attached hydrogens (tertiary/aromatic N) is 3. The van der Waals surface area contributed by atoms with E-state index < -0.39 is 11.9 Å². The van der Waals surface area contributed by atoms with Crippen molar-refractivity contribution in [2.24, 2.45) is 0 Å². The van der Waals surface area contributed by atoms with Gasteiger partial charge in [-0.15, -0.1) is 0 Å². The number of carbonyl (C=O) groups is 2. The van der Waals surface area contributed by atoms with E-state index in [4.69, 9.17) is 21.3 Å². The highest BCUT2D eigenvalue weighted by molar-refractivity contribution is 5.98. The van der Waals surface area contributed by atoms with Gasteiger partial charge in [-0.3, -0.25) is 4.79 Å². The Hall–Kier alpha value is -4.36.